The number of aliphatic hydroxyl groups excluding tert-OH is 1. The number of amides is 2. The molecular weight excluding hydrogens is 454 g/mol. The van der Waals surface area contributed by atoms with Gasteiger partial charge in [-0.3, -0.25) is 9.59 Å². The van der Waals surface area contributed by atoms with Gasteiger partial charge in [-0.25, -0.2) is 0 Å². The van der Waals surface area contributed by atoms with Crippen molar-refractivity contribution in [3.63, 3.8) is 0 Å². The van der Waals surface area contributed by atoms with Gasteiger partial charge in [0.05, 0.1) is 19.5 Å². The van der Waals surface area contributed by atoms with E-state index < -0.39 is 6.04 Å². The number of aliphatic hydroxyl groups is 1. The molecule has 0 aliphatic carbocycles. The molecule has 1 heterocycles. The van der Waals surface area contributed by atoms with Gasteiger partial charge in [0.1, 0.15) is 11.8 Å². The summed E-state index contributed by atoms with van der Waals surface area (Å²) in [6.07, 6.45) is 0. The smallest absolute Gasteiger partial charge is 0.251 e. The number of aryl methyl sites for hydroxylation is 1. The Bertz CT molecular complexity index is 1150. The number of benzene rings is 2. The fourth-order valence-corrected chi connectivity index (χ4v) is 4.15. The molecule has 0 saturated heterocycles. The molecule has 0 spiro atoms. The Kier molecular flexibility index (Phi) is 8.67. The van der Waals surface area contributed by atoms with Crippen LogP contribution in [0, 0.1) is 13.8 Å². The van der Waals surface area contributed by atoms with Gasteiger partial charge in [-0.15, -0.1) is 10.2 Å². The Balaban J connectivity index is 1.67. The van der Waals surface area contributed by atoms with Crippen molar-refractivity contribution in [1.82, 2.24) is 20.1 Å². The first-order valence-corrected chi connectivity index (χ1v) is 11.8. The summed E-state index contributed by atoms with van der Waals surface area (Å²) in [6, 6.07) is 11.7. The zero-order valence-electron chi connectivity index (χ0n) is 19.7. The third kappa shape index (κ3) is 5.95. The molecule has 2 amide bonds. The first-order chi connectivity index (χ1) is 16.4. The monoisotopic (exact) mass is 483 g/mol. The third-order valence-electron chi connectivity index (χ3n) is 5.42. The largest absolute Gasteiger partial charge is 0.497 e. The number of carbonyl (C=O) groups excluding carboxylic acids is 2. The molecule has 3 N–H and O–H groups in total. The molecule has 0 aliphatic rings. The van der Waals surface area contributed by atoms with Crippen LogP contribution in [-0.2, 0) is 11.3 Å². The molecule has 10 heteroatoms. The van der Waals surface area contributed by atoms with Gasteiger partial charge in [0.15, 0.2) is 11.0 Å². The van der Waals surface area contributed by atoms with Crippen LogP contribution in [0.1, 0.15) is 40.3 Å². The highest BCUT2D eigenvalue weighted by Crippen LogP contribution is 2.23. The molecular formula is C24H29N5O4S. The van der Waals surface area contributed by atoms with Crippen LogP contribution in [0.4, 0.5) is 5.69 Å². The van der Waals surface area contributed by atoms with Gasteiger partial charge in [-0.1, -0.05) is 23.9 Å². The Morgan fingerprint density at radius 1 is 1.15 bits per heavy atom. The van der Waals surface area contributed by atoms with Gasteiger partial charge in [-0.05, 0) is 62.2 Å². The molecule has 3 aromatic rings. The maximum Gasteiger partial charge on any atom is 0.251 e. The minimum Gasteiger partial charge on any atom is -0.497 e. The average Bonchev–Trinajstić information content (AvgIpc) is 3.26. The molecule has 0 bridgehead atoms. The van der Waals surface area contributed by atoms with Crippen molar-refractivity contribution in [2.75, 3.05) is 24.8 Å². The molecule has 1 aromatic heterocycles. The van der Waals surface area contributed by atoms with E-state index in [0.29, 0.717) is 28.8 Å². The van der Waals surface area contributed by atoms with Crippen LogP contribution in [0.3, 0.4) is 0 Å². The molecule has 0 radical (unpaired) electrons. The van der Waals surface area contributed by atoms with Crippen molar-refractivity contribution in [3.05, 3.63) is 65.0 Å². The predicted octanol–water partition coefficient (Wildman–Crippen LogP) is 3.12. The molecule has 0 saturated carbocycles. The lowest BCUT2D eigenvalue weighted by Crippen LogP contribution is -2.32. The van der Waals surface area contributed by atoms with Crippen LogP contribution in [0.15, 0.2) is 47.6 Å². The summed E-state index contributed by atoms with van der Waals surface area (Å²) in [5.74, 6) is 0.702. The maximum absolute atomic E-state index is 12.7. The van der Waals surface area contributed by atoms with Crippen molar-refractivity contribution in [1.29, 1.82) is 0 Å². The van der Waals surface area contributed by atoms with E-state index >= 15 is 0 Å². The van der Waals surface area contributed by atoms with Gasteiger partial charge < -0.3 is 25.0 Å². The standard InChI is InChI=1S/C24H29N5O4S/c1-5-29-22(20(13-30)26-23(32)17-9-11-18(33-4)12-10-17)27-28-24(29)34-14-21(31)25-19-8-6-7-15(2)16(19)3/h6-12,20,30H,5,13-14H2,1-4H3,(H,25,31)(H,26,32)/t20-/m0/s1. The van der Waals surface area contributed by atoms with Crippen molar-refractivity contribution in [3.8, 4) is 5.75 Å². The first kappa shape index (κ1) is 25.3. The van der Waals surface area contributed by atoms with E-state index in [1.54, 1.807) is 35.9 Å². The number of carbonyl (C=O) groups is 2. The van der Waals surface area contributed by atoms with Gasteiger partial charge in [-0.2, -0.15) is 0 Å². The summed E-state index contributed by atoms with van der Waals surface area (Å²) in [5.41, 5.74) is 3.34. The van der Waals surface area contributed by atoms with E-state index in [0.717, 1.165) is 16.8 Å². The van der Waals surface area contributed by atoms with E-state index in [-0.39, 0.29) is 24.2 Å². The molecule has 0 unspecified atom stereocenters. The number of thioether (sulfide) groups is 1. The highest BCUT2D eigenvalue weighted by molar-refractivity contribution is 7.99. The number of hydrogen-bond acceptors (Lipinski definition) is 7. The van der Waals surface area contributed by atoms with Crippen LogP contribution in [0.5, 0.6) is 5.75 Å². The number of anilines is 1. The molecule has 3 rings (SSSR count). The van der Waals surface area contributed by atoms with E-state index in [4.69, 9.17) is 4.74 Å². The summed E-state index contributed by atoms with van der Waals surface area (Å²) in [5, 5.41) is 24.6. The lowest BCUT2D eigenvalue weighted by molar-refractivity contribution is -0.113. The number of aromatic nitrogens is 3. The summed E-state index contributed by atoms with van der Waals surface area (Å²) >= 11 is 1.25. The Morgan fingerprint density at radius 2 is 1.88 bits per heavy atom. The molecule has 34 heavy (non-hydrogen) atoms. The van der Waals surface area contributed by atoms with E-state index in [1.165, 1.54) is 11.8 Å². The van der Waals surface area contributed by atoms with Crippen molar-refractivity contribution in [2.24, 2.45) is 0 Å². The summed E-state index contributed by atoms with van der Waals surface area (Å²) in [6.45, 7) is 6.03. The Hall–Kier alpha value is -3.37. The van der Waals surface area contributed by atoms with Crippen molar-refractivity contribution >= 4 is 29.3 Å². The fourth-order valence-electron chi connectivity index (χ4n) is 3.34. The number of nitrogens with one attached hydrogen (secondary N) is 2. The second-order valence-electron chi connectivity index (χ2n) is 7.61. The fraction of sp³-hybridized carbons (Fsp3) is 0.333. The van der Waals surface area contributed by atoms with Crippen LogP contribution >= 0.6 is 11.8 Å². The highest BCUT2D eigenvalue weighted by Gasteiger charge is 2.23. The molecule has 2 aromatic carbocycles. The topological polar surface area (TPSA) is 118 Å². The maximum atomic E-state index is 12.7. The Morgan fingerprint density at radius 3 is 2.53 bits per heavy atom. The van der Waals surface area contributed by atoms with Gasteiger partial charge >= 0.3 is 0 Å². The van der Waals surface area contributed by atoms with E-state index in [9.17, 15) is 14.7 Å². The number of ether oxygens (including phenoxy) is 1. The summed E-state index contributed by atoms with van der Waals surface area (Å²) < 4.78 is 6.90. The predicted molar refractivity (Wildman–Crippen MR) is 131 cm³/mol. The van der Waals surface area contributed by atoms with Crippen LogP contribution in [0.25, 0.3) is 0 Å². The number of nitrogens with zero attached hydrogens (tertiary/aromatic N) is 3. The minimum absolute atomic E-state index is 0.146. The zero-order valence-corrected chi connectivity index (χ0v) is 20.5. The number of methoxy groups -OCH3 is 1. The normalized spacial score (nSPS) is 11.7. The Labute approximate surface area is 202 Å². The van der Waals surface area contributed by atoms with E-state index in [1.807, 2.05) is 39.0 Å². The van der Waals surface area contributed by atoms with Crippen molar-refractivity contribution < 1.29 is 19.4 Å². The third-order valence-corrected chi connectivity index (χ3v) is 6.39. The van der Waals surface area contributed by atoms with Gasteiger partial charge in [0, 0.05) is 17.8 Å². The average molecular weight is 484 g/mol. The SMILES string of the molecule is CCn1c(SCC(=O)Nc2cccc(C)c2C)nnc1[C@H](CO)NC(=O)c1ccc(OC)cc1. The van der Waals surface area contributed by atoms with Crippen LogP contribution < -0.4 is 15.4 Å². The molecule has 180 valence electrons. The first-order valence-electron chi connectivity index (χ1n) is 10.9. The van der Waals surface area contributed by atoms with Crippen LogP contribution in [0.2, 0.25) is 0 Å². The second kappa shape index (κ2) is 11.7. The molecule has 9 nitrogen and oxygen atoms in total. The van der Waals surface area contributed by atoms with E-state index in [2.05, 4.69) is 20.8 Å². The second-order valence-corrected chi connectivity index (χ2v) is 8.55. The summed E-state index contributed by atoms with van der Waals surface area (Å²) in [7, 11) is 1.55. The summed E-state index contributed by atoms with van der Waals surface area (Å²) in [4.78, 5) is 25.2. The molecule has 0 fully saturated rings. The minimum atomic E-state index is -0.750. The molecule has 0 aliphatic heterocycles. The molecule has 1 atom stereocenters. The number of rotatable bonds is 10. The number of hydrogen-bond donors (Lipinski definition) is 3. The quantitative estimate of drug-likeness (QED) is 0.379. The van der Waals surface area contributed by atoms with Crippen LogP contribution in [-0.4, -0.2) is 51.2 Å². The zero-order chi connectivity index (χ0) is 24.7. The van der Waals surface area contributed by atoms with Gasteiger partial charge in [0.25, 0.3) is 5.91 Å². The lowest BCUT2D eigenvalue weighted by atomic mass is 10.1. The highest BCUT2D eigenvalue weighted by atomic mass is 32.2. The lowest BCUT2D eigenvalue weighted by Gasteiger charge is -2.17. The van der Waals surface area contributed by atoms with Crippen molar-refractivity contribution in [2.45, 2.75) is 38.5 Å². The van der Waals surface area contributed by atoms with Gasteiger partial charge in [0.2, 0.25) is 5.91 Å².